The number of nitrogens with two attached hydrogens (primary N) is 1. The summed E-state index contributed by atoms with van der Waals surface area (Å²) in [5.74, 6) is -0.633. The van der Waals surface area contributed by atoms with Crippen LogP contribution in [0.4, 0.5) is 5.69 Å². The van der Waals surface area contributed by atoms with E-state index in [-0.39, 0.29) is 0 Å². The highest BCUT2D eigenvalue weighted by atomic mass is 16.5. The lowest BCUT2D eigenvalue weighted by Crippen LogP contribution is -2.52. The van der Waals surface area contributed by atoms with Gasteiger partial charge in [-0.2, -0.15) is 0 Å². The summed E-state index contributed by atoms with van der Waals surface area (Å²) < 4.78 is 5.15. The second-order valence-corrected chi connectivity index (χ2v) is 5.08. The highest BCUT2D eigenvalue weighted by Gasteiger charge is 2.26. The van der Waals surface area contributed by atoms with Gasteiger partial charge < -0.3 is 20.7 Å². The largest absolute Gasteiger partial charge is 0.495 e. The summed E-state index contributed by atoms with van der Waals surface area (Å²) in [4.78, 5) is 28.0. The van der Waals surface area contributed by atoms with Gasteiger partial charge in [0.25, 0.3) is 0 Å². The van der Waals surface area contributed by atoms with Gasteiger partial charge in [0, 0.05) is 39.3 Å². The molecule has 0 bridgehead atoms. The first kappa shape index (κ1) is 16.3. The van der Waals surface area contributed by atoms with Gasteiger partial charge in [0.15, 0.2) is 0 Å². The molecule has 1 aliphatic heterocycles. The number of benzene rings is 1. The Hall–Kier alpha value is -2.12. The first-order valence-corrected chi connectivity index (χ1v) is 7.31. The molecule has 1 saturated heterocycles. The molecule has 0 saturated carbocycles. The molecular formula is C15H22N4O3. The Morgan fingerprint density at radius 1 is 1.23 bits per heavy atom. The Bertz CT molecular complexity index is 527. The van der Waals surface area contributed by atoms with Crippen LogP contribution < -0.4 is 15.8 Å². The lowest BCUT2D eigenvalue weighted by Gasteiger charge is -2.34. The van der Waals surface area contributed by atoms with E-state index in [1.807, 2.05) is 0 Å². The Morgan fingerprint density at radius 2 is 1.91 bits per heavy atom. The number of hydrogen-bond donors (Lipinski definition) is 2. The number of hydrogen-bond acceptors (Lipinski definition) is 5. The van der Waals surface area contributed by atoms with E-state index in [0.717, 1.165) is 19.6 Å². The molecule has 3 N–H and O–H groups in total. The van der Waals surface area contributed by atoms with Crippen LogP contribution in [0, 0.1) is 0 Å². The molecule has 2 rings (SSSR count). The van der Waals surface area contributed by atoms with Crippen molar-refractivity contribution >= 4 is 17.5 Å². The number of piperazine rings is 1. The molecule has 1 fully saturated rings. The fourth-order valence-corrected chi connectivity index (χ4v) is 2.42. The molecule has 7 heteroatoms. The molecular weight excluding hydrogens is 284 g/mol. The summed E-state index contributed by atoms with van der Waals surface area (Å²) in [7, 11) is 1.52. The van der Waals surface area contributed by atoms with Crippen LogP contribution in [-0.2, 0) is 9.59 Å². The maximum absolute atomic E-state index is 12.2. The van der Waals surface area contributed by atoms with Crippen molar-refractivity contribution in [3.05, 3.63) is 24.3 Å². The third kappa shape index (κ3) is 3.96. The van der Waals surface area contributed by atoms with Gasteiger partial charge in [-0.1, -0.05) is 12.1 Å². The molecule has 0 aliphatic carbocycles. The summed E-state index contributed by atoms with van der Waals surface area (Å²) in [5.41, 5.74) is 6.01. The average Bonchev–Trinajstić information content (AvgIpc) is 2.55. The van der Waals surface area contributed by atoms with E-state index in [1.54, 1.807) is 29.2 Å². The van der Waals surface area contributed by atoms with E-state index in [0.29, 0.717) is 31.1 Å². The summed E-state index contributed by atoms with van der Waals surface area (Å²) in [5, 5.41) is 2.61. The summed E-state index contributed by atoms with van der Waals surface area (Å²) >= 11 is 0. The maximum atomic E-state index is 12.2. The number of rotatable bonds is 4. The van der Waals surface area contributed by atoms with Gasteiger partial charge in [0.05, 0.1) is 12.8 Å². The Morgan fingerprint density at radius 3 is 2.55 bits per heavy atom. The monoisotopic (exact) mass is 306 g/mol. The van der Waals surface area contributed by atoms with E-state index in [2.05, 4.69) is 10.2 Å². The van der Waals surface area contributed by atoms with Crippen LogP contribution in [0.3, 0.4) is 0 Å². The van der Waals surface area contributed by atoms with Crippen molar-refractivity contribution in [1.82, 2.24) is 9.80 Å². The third-order valence-corrected chi connectivity index (χ3v) is 3.65. The molecule has 120 valence electrons. The van der Waals surface area contributed by atoms with Crippen LogP contribution in [0.5, 0.6) is 5.75 Å². The second-order valence-electron chi connectivity index (χ2n) is 5.08. The number of methoxy groups -OCH3 is 1. The van der Waals surface area contributed by atoms with Crippen molar-refractivity contribution in [3.8, 4) is 5.75 Å². The van der Waals surface area contributed by atoms with E-state index < -0.39 is 11.8 Å². The first-order chi connectivity index (χ1) is 10.7. The molecule has 2 amide bonds. The predicted octanol–water partition coefficient (Wildman–Crippen LogP) is -0.263. The normalized spacial score (nSPS) is 15.5. The van der Waals surface area contributed by atoms with Gasteiger partial charge in [-0.05, 0) is 12.1 Å². The highest BCUT2D eigenvalue weighted by Crippen LogP contribution is 2.22. The van der Waals surface area contributed by atoms with Gasteiger partial charge in [-0.15, -0.1) is 0 Å². The molecule has 22 heavy (non-hydrogen) atoms. The van der Waals surface area contributed by atoms with Crippen molar-refractivity contribution in [1.29, 1.82) is 0 Å². The van der Waals surface area contributed by atoms with E-state index in [1.165, 1.54) is 7.11 Å². The molecule has 1 aliphatic rings. The van der Waals surface area contributed by atoms with Gasteiger partial charge in [-0.25, -0.2) is 0 Å². The minimum Gasteiger partial charge on any atom is -0.495 e. The molecule has 0 aromatic heterocycles. The van der Waals surface area contributed by atoms with Crippen LogP contribution in [0.1, 0.15) is 0 Å². The Kier molecular flexibility index (Phi) is 5.74. The molecule has 1 aromatic rings. The number of para-hydroxylation sites is 2. The summed E-state index contributed by atoms with van der Waals surface area (Å²) in [6, 6.07) is 7.00. The lowest BCUT2D eigenvalue weighted by atomic mass is 10.2. The van der Waals surface area contributed by atoms with Crippen molar-refractivity contribution in [3.63, 3.8) is 0 Å². The van der Waals surface area contributed by atoms with Crippen molar-refractivity contribution in [2.45, 2.75) is 0 Å². The van der Waals surface area contributed by atoms with Crippen molar-refractivity contribution in [2.24, 2.45) is 5.73 Å². The van der Waals surface area contributed by atoms with E-state index >= 15 is 0 Å². The molecule has 0 spiro atoms. The quantitative estimate of drug-likeness (QED) is 0.748. The molecule has 1 aromatic carbocycles. The van der Waals surface area contributed by atoms with Crippen LogP contribution in [-0.4, -0.2) is 68.0 Å². The van der Waals surface area contributed by atoms with Gasteiger partial charge in [0.1, 0.15) is 5.75 Å². The SMILES string of the molecule is COc1ccccc1NC(=O)C(=O)N1CCN(CCN)CC1. The minimum atomic E-state index is -0.642. The standard InChI is InChI=1S/C15H22N4O3/c1-22-13-5-3-2-4-12(13)17-14(20)15(21)19-10-8-18(7-6-16)9-11-19/h2-5H,6-11,16H2,1H3,(H,17,20). The summed E-state index contributed by atoms with van der Waals surface area (Å²) in [6.45, 7) is 3.98. The number of nitrogens with one attached hydrogen (secondary N) is 1. The summed E-state index contributed by atoms with van der Waals surface area (Å²) in [6.07, 6.45) is 0. The third-order valence-electron chi connectivity index (χ3n) is 3.65. The zero-order valence-corrected chi connectivity index (χ0v) is 12.7. The fourth-order valence-electron chi connectivity index (χ4n) is 2.42. The van der Waals surface area contributed by atoms with Crippen LogP contribution in [0.2, 0.25) is 0 Å². The second kappa shape index (κ2) is 7.77. The Labute approximate surface area is 130 Å². The van der Waals surface area contributed by atoms with Gasteiger partial charge in [0.2, 0.25) is 0 Å². The molecule has 1 heterocycles. The van der Waals surface area contributed by atoms with E-state index in [9.17, 15) is 9.59 Å². The number of ether oxygens (including phenoxy) is 1. The van der Waals surface area contributed by atoms with Crippen LogP contribution >= 0.6 is 0 Å². The zero-order valence-electron chi connectivity index (χ0n) is 12.7. The number of amides is 2. The molecule has 0 radical (unpaired) electrons. The molecule has 7 nitrogen and oxygen atoms in total. The number of anilines is 1. The topological polar surface area (TPSA) is 87.9 Å². The number of carbonyl (C=O) groups is 2. The molecule has 0 unspecified atom stereocenters. The van der Waals surface area contributed by atoms with E-state index in [4.69, 9.17) is 10.5 Å². The fraction of sp³-hybridized carbons (Fsp3) is 0.467. The smallest absolute Gasteiger partial charge is 0.314 e. The Balaban J connectivity index is 1.91. The first-order valence-electron chi connectivity index (χ1n) is 7.31. The number of carbonyl (C=O) groups excluding carboxylic acids is 2. The minimum absolute atomic E-state index is 0.491. The average molecular weight is 306 g/mol. The maximum Gasteiger partial charge on any atom is 0.314 e. The van der Waals surface area contributed by atoms with Crippen LogP contribution in [0.15, 0.2) is 24.3 Å². The van der Waals surface area contributed by atoms with Gasteiger partial charge >= 0.3 is 11.8 Å². The van der Waals surface area contributed by atoms with Crippen molar-refractivity contribution in [2.75, 3.05) is 51.7 Å². The van der Waals surface area contributed by atoms with Gasteiger partial charge in [-0.3, -0.25) is 14.5 Å². The highest BCUT2D eigenvalue weighted by molar-refractivity contribution is 6.39. The number of nitrogens with zero attached hydrogens (tertiary/aromatic N) is 2. The lowest BCUT2D eigenvalue weighted by molar-refractivity contribution is -0.144. The molecule has 0 atom stereocenters. The predicted molar refractivity (Wildman–Crippen MR) is 83.7 cm³/mol. The van der Waals surface area contributed by atoms with Crippen molar-refractivity contribution < 1.29 is 14.3 Å². The zero-order chi connectivity index (χ0) is 15.9. The van der Waals surface area contributed by atoms with Crippen LogP contribution in [0.25, 0.3) is 0 Å².